The van der Waals surface area contributed by atoms with Gasteiger partial charge in [-0.2, -0.15) is 0 Å². The SMILES string of the molecule is C1CCC(C2CCN(CCOCCOCCN3CCC(C4CCCCC4)CC3)CC2)CC1. The molecular formula is C28H52N2O2. The van der Waals surface area contributed by atoms with Crippen LogP contribution in [0.25, 0.3) is 0 Å². The predicted molar refractivity (Wildman–Crippen MR) is 133 cm³/mol. The Bertz CT molecular complexity index is 430. The maximum atomic E-state index is 5.87. The highest BCUT2D eigenvalue weighted by atomic mass is 16.5. The Kier molecular flexibility index (Phi) is 11.1. The molecule has 2 saturated heterocycles. The molecule has 0 aromatic carbocycles. The number of hydrogen-bond acceptors (Lipinski definition) is 4. The highest BCUT2D eigenvalue weighted by Crippen LogP contribution is 2.36. The summed E-state index contributed by atoms with van der Waals surface area (Å²) < 4.78 is 11.7. The predicted octanol–water partition coefficient (Wildman–Crippen LogP) is 5.60. The van der Waals surface area contributed by atoms with Gasteiger partial charge >= 0.3 is 0 Å². The van der Waals surface area contributed by atoms with Gasteiger partial charge in [-0.1, -0.05) is 64.2 Å². The van der Waals surface area contributed by atoms with E-state index in [1.165, 1.54) is 116 Å². The van der Waals surface area contributed by atoms with Crippen molar-refractivity contribution in [3.8, 4) is 0 Å². The summed E-state index contributed by atoms with van der Waals surface area (Å²) in [7, 11) is 0. The first kappa shape index (κ1) is 24.9. The van der Waals surface area contributed by atoms with E-state index in [1.807, 2.05) is 0 Å². The van der Waals surface area contributed by atoms with E-state index in [0.717, 1.165) is 63.2 Å². The number of nitrogens with zero attached hydrogens (tertiary/aromatic N) is 2. The molecule has 0 radical (unpaired) electrons. The average molecular weight is 449 g/mol. The van der Waals surface area contributed by atoms with Crippen molar-refractivity contribution in [3.05, 3.63) is 0 Å². The van der Waals surface area contributed by atoms with Gasteiger partial charge in [-0.3, -0.25) is 0 Å². The van der Waals surface area contributed by atoms with Crippen LogP contribution in [0.5, 0.6) is 0 Å². The van der Waals surface area contributed by atoms with Crippen molar-refractivity contribution in [2.24, 2.45) is 23.7 Å². The summed E-state index contributed by atoms with van der Waals surface area (Å²) >= 11 is 0. The highest BCUT2D eigenvalue weighted by molar-refractivity contribution is 4.81. The lowest BCUT2D eigenvalue weighted by molar-refractivity contribution is 0.0217. The van der Waals surface area contributed by atoms with E-state index >= 15 is 0 Å². The minimum atomic E-state index is 0.752. The highest BCUT2D eigenvalue weighted by Gasteiger charge is 2.28. The summed E-state index contributed by atoms with van der Waals surface area (Å²) in [5.41, 5.74) is 0. The van der Waals surface area contributed by atoms with Gasteiger partial charge in [-0.05, 0) is 75.5 Å². The van der Waals surface area contributed by atoms with E-state index in [2.05, 4.69) is 9.80 Å². The van der Waals surface area contributed by atoms with Crippen molar-refractivity contribution in [2.75, 3.05) is 65.7 Å². The summed E-state index contributed by atoms with van der Waals surface area (Å²) in [6.45, 7) is 10.6. The van der Waals surface area contributed by atoms with Crippen LogP contribution in [-0.4, -0.2) is 75.5 Å². The molecule has 4 nitrogen and oxygen atoms in total. The van der Waals surface area contributed by atoms with Gasteiger partial charge in [0.1, 0.15) is 0 Å². The van der Waals surface area contributed by atoms with Gasteiger partial charge in [0.05, 0.1) is 26.4 Å². The van der Waals surface area contributed by atoms with E-state index in [4.69, 9.17) is 9.47 Å². The van der Waals surface area contributed by atoms with E-state index in [0.29, 0.717) is 0 Å². The van der Waals surface area contributed by atoms with Crippen molar-refractivity contribution in [1.82, 2.24) is 9.80 Å². The second kappa shape index (κ2) is 14.3. The van der Waals surface area contributed by atoms with Crippen LogP contribution in [0.3, 0.4) is 0 Å². The van der Waals surface area contributed by atoms with Crippen LogP contribution in [0.4, 0.5) is 0 Å². The largest absolute Gasteiger partial charge is 0.378 e. The first-order valence-corrected chi connectivity index (χ1v) is 14.5. The Hall–Kier alpha value is -0.160. The molecule has 0 bridgehead atoms. The summed E-state index contributed by atoms with van der Waals surface area (Å²) in [4.78, 5) is 5.24. The van der Waals surface area contributed by atoms with Crippen LogP contribution in [0.1, 0.15) is 89.9 Å². The van der Waals surface area contributed by atoms with Crippen molar-refractivity contribution < 1.29 is 9.47 Å². The fourth-order valence-corrected chi connectivity index (χ4v) is 7.22. The van der Waals surface area contributed by atoms with Crippen LogP contribution in [0.2, 0.25) is 0 Å². The molecule has 32 heavy (non-hydrogen) atoms. The normalized spacial score (nSPS) is 26.6. The van der Waals surface area contributed by atoms with E-state index in [-0.39, 0.29) is 0 Å². The van der Waals surface area contributed by atoms with Gasteiger partial charge in [-0.25, -0.2) is 0 Å². The molecule has 0 spiro atoms. The zero-order valence-corrected chi connectivity index (χ0v) is 21.0. The van der Waals surface area contributed by atoms with Crippen LogP contribution in [0, 0.1) is 23.7 Å². The Morgan fingerprint density at radius 2 is 0.750 bits per heavy atom. The molecule has 0 N–H and O–H groups in total. The molecule has 0 aromatic heterocycles. The minimum Gasteiger partial charge on any atom is -0.378 e. The van der Waals surface area contributed by atoms with Crippen LogP contribution >= 0.6 is 0 Å². The summed E-state index contributed by atoms with van der Waals surface area (Å²) in [6.07, 6.45) is 20.6. The van der Waals surface area contributed by atoms with Crippen molar-refractivity contribution >= 4 is 0 Å². The molecule has 2 aliphatic carbocycles. The van der Waals surface area contributed by atoms with E-state index < -0.39 is 0 Å². The molecule has 4 rings (SSSR count). The number of rotatable bonds is 11. The third-order valence-electron chi connectivity index (χ3n) is 9.37. The van der Waals surface area contributed by atoms with Gasteiger partial charge in [0.15, 0.2) is 0 Å². The molecule has 186 valence electrons. The standard InChI is InChI=1S/C28H52N2O2/c1-3-7-25(8-4-1)27-11-15-29(16-12-27)19-21-31-23-24-32-22-20-30-17-13-28(14-18-30)26-9-5-2-6-10-26/h25-28H,1-24H2. The summed E-state index contributed by atoms with van der Waals surface area (Å²) in [6, 6.07) is 0. The lowest BCUT2D eigenvalue weighted by Gasteiger charge is -2.37. The third kappa shape index (κ3) is 8.25. The van der Waals surface area contributed by atoms with Crippen molar-refractivity contribution in [1.29, 1.82) is 0 Å². The van der Waals surface area contributed by atoms with E-state index in [1.54, 1.807) is 0 Å². The average Bonchev–Trinajstić information content (AvgIpc) is 2.87. The van der Waals surface area contributed by atoms with Gasteiger partial charge in [-0.15, -0.1) is 0 Å². The molecule has 4 aliphatic rings. The van der Waals surface area contributed by atoms with Crippen LogP contribution in [-0.2, 0) is 9.47 Å². The zero-order chi connectivity index (χ0) is 21.8. The molecule has 2 saturated carbocycles. The summed E-state index contributed by atoms with van der Waals surface area (Å²) in [5.74, 6) is 4.11. The van der Waals surface area contributed by atoms with Gasteiger partial charge in [0, 0.05) is 13.1 Å². The fourth-order valence-electron chi connectivity index (χ4n) is 7.22. The number of ether oxygens (including phenoxy) is 2. The Morgan fingerprint density at radius 3 is 1.12 bits per heavy atom. The quantitative estimate of drug-likeness (QED) is 0.384. The molecule has 4 heteroatoms. The molecule has 0 atom stereocenters. The Balaban J connectivity index is 0.939. The van der Waals surface area contributed by atoms with Crippen molar-refractivity contribution in [2.45, 2.75) is 89.9 Å². The molecule has 4 fully saturated rings. The maximum absolute atomic E-state index is 5.87. The topological polar surface area (TPSA) is 24.9 Å². The Labute approximate surface area is 198 Å². The van der Waals surface area contributed by atoms with E-state index in [9.17, 15) is 0 Å². The molecule has 0 amide bonds. The number of likely N-dealkylation sites (tertiary alicyclic amines) is 2. The molecular weight excluding hydrogens is 396 g/mol. The smallest absolute Gasteiger partial charge is 0.0701 e. The number of hydrogen-bond donors (Lipinski definition) is 0. The first-order valence-electron chi connectivity index (χ1n) is 14.5. The van der Waals surface area contributed by atoms with Crippen LogP contribution < -0.4 is 0 Å². The van der Waals surface area contributed by atoms with Crippen LogP contribution in [0.15, 0.2) is 0 Å². The third-order valence-corrected chi connectivity index (χ3v) is 9.37. The fraction of sp³-hybridized carbons (Fsp3) is 1.00. The Morgan fingerprint density at radius 1 is 0.406 bits per heavy atom. The number of piperidine rings is 2. The molecule has 2 aliphatic heterocycles. The lowest BCUT2D eigenvalue weighted by Crippen LogP contribution is -2.38. The summed E-state index contributed by atoms with van der Waals surface area (Å²) in [5, 5.41) is 0. The second-order valence-electron chi connectivity index (χ2n) is 11.4. The van der Waals surface area contributed by atoms with Crippen molar-refractivity contribution in [3.63, 3.8) is 0 Å². The molecule has 2 heterocycles. The zero-order valence-electron chi connectivity index (χ0n) is 21.0. The van der Waals surface area contributed by atoms with Gasteiger partial charge in [0.25, 0.3) is 0 Å². The first-order chi connectivity index (χ1) is 15.9. The molecule has 0 unspecified atom stereocenters. The maximum Gasteiger partial charge on any atom is 0.0701 e. The minimum absolute atomic E-state index is 0.752. The second-order valence-corrected chi connectivity index (χ2v) is 11.4. The lowest BCUT2D eigenvalue weighted by atomic mass is 9.76. The van der Waals surface area contributed by atoms with Gasteiger partial charge < -0.3 is 19.3 Å². The van der Waals surface area contributed by atoms with Gasteiger partial charge in [0.2, 0.25) is 0 Å². The monoisotopic (exact) mass is 448 g/mol. The molecule has 0 aromatic rings.